The zero-order valence-corrected chi connectivity index (χ0v) is 23.8. The van der Waals surface area contributed by atoms with Crippen LogP contribution in [0.3, 0.4) is 0 Å². The van der Waals surface area contributed by atoms with Crippen LogP contribution in [0, 0.1) is 11.8 Å². The number of hydrogen-bond acceptors (Lipinski definition) is 5. The molecule has 5 rings (SSSR count). The van der Waals surface area contributed by atoms with Crippen LogP contribution in [0.1, 0.15) is 63.5 Å². The molecule has 1 spiro atoms. The topological polar surface area (TPSA) is 90.4 Å². The standard InChI is InChI=1S/C32H43N3O5/c1-5-19-33(4)28(37)25-26-29(38)35(24(21-36)22-13-9-7-10-14-22)27(32(26)18-17-31(25,3)40-32)30(39)34(20-6-2)23-15-11-8-12-16-23/h5-7,9-10,13-14,23-27,36H,1-2,8,11-12,15-21H2,3-4H3/t24-,25+,26+,27?,31-,32?/m1/s1. The molecule has 0 radical (unpaired) electrons. The lowest BCUT2D eigenvalue weighted by Gasteiger charge is -2.42. The Bertz CT molecular complexity index is 1150. The summed E-state index contributed by atoms with van der Waals surface area (Å²) in [6, 6.07) is 7.70. The number of likely N-dealkylation sites (tertiary alicyclic amines) is 1. The first-order valence-electron chi connectivity index (χ1n) is 14.7. The van der Waals surface area contributed by atoms with E-state index in [0.29, 0.717) is 25.9 Å². The number of carbonyl (C=O) groups is 3. The van der Waals surface area contributed by atoms with E-state index in [0.717, 1.165) is 37.7 Å². The fraction of sp³-hybridized carbons (Fsp3) is 0.594. The summed E-state index contributed by atoms with van der Waals surface area (Å²) in [6.07, 6.45) is 9.55. The molecule has 3 amide bonds. The van der Waals surface area contributed by atoms with Crippen molar-refractivity contribution in [1.29, 1.82) is 0 Å². The van der Waals surface area contributed by atoms with Crippen LogP contribution < -0.4 is 0 Å². The zero-order valence-electron chi connectivity index (χ0n) is 23.8. The minimum atomic E-state index is -1.14. The molecule has 3 saturated heterocycles. The van der Waals surface area contributed by atoms with E-state index in [4.69, 9.17) is 4.74 Å². The van der Waals surface area contributed by atoms with E-state index in [2.05, 4.69) is 13.2 Å². The van der Waals surface area contributed by atoms with E-state index < -0.39 is 35.1 Å². The third-order valence-electron chi connectivity index (χ3n) is 9.81. The van der Waals surface area contributed by atoms with Crippen molar-refractivity contribution >= 4 is 17.7 Å². The second kappa shape index (κ2) is 11.1. The van der Waals surface area contributed by atoms with Gasteiger partial charge < -0.3 is 24.5 Å². The van der Waals surface area contributed by atoms with Crippen molar-refractivity contribution < 1.29 is 24.2 Å². The molecular formula is C32H43N3O5. The Morgan fingerprint density at radius 3 is 2.40 bits per heavy atom. The molecule has 4 aliphatic rings. The van der Waals surface area contributed by atoms with Crippen molar-refractivity contribution in [2.24, 2.45) is 11.8 Å². The molecule has 1 saturated carbocycles. The molecule has 4 fully saturated rings. The summed E-state index contributed by atoms with van der Waals surface area (Å²) in [7, 11) is 1.71. The zero-order chi connectivity index (χ0) is 28.7. The summed E-state index contributed by atoms with van der Waals surface area (Å²) in [5.74, 6) is -2.18. The number of nitrogens with zero attached hydrogens (tertiary/aromatic N) is 3. The maximum absolute atomic E-state index is 14.8. The largest absolute Gasteiger partial charge is 0.394 e. The average Bonchev–Trinajstić information content (AvgIpc) is 3.53. The smallest absolute Gasteiger partial charge is 0.248 e. The van der Waals surface area contributed by atoms with E-state index in [1.807, 2.05) is 42.2 Å². The number of fused-ring (bicyclic) bond motifs is 1. The number of hydrogen-bond donors (Lipinski definition) is 1. The first-order valence-corrected chi connectivity index (χ1v) is 14.7. The van der Waals surface area contributed by atoms with Gasteiger partial charge in [0.15, 0.2) is 0 Å². The number of amides is 3. The average molecular weight is 550 g/mol. The summed E-state index contributed by atoms with van der Waals surface area (Å²) >= 11 is 0. The first kappa shape index (κ1) is 28.6. The number of benzene rings is 1. The molecule has 40 heavy (non-hydrogen) atoms. The molecule has 8 heteroatoms. The first-order chi connectivity index (χ1) is 19.2. The van der Waals surface area contributed by atoms with Crippen molar-refractivity contribution in [2.75, 3.05) is 26.7 Å². The molecule has 2 bridgehead atoms. The molecule has 1 aromatic carbocycles. The third-order valence-corrected chi connectivity index (χ3v) is 9.81. The molecular weight excluding hydrogens is 506 g/mol. The SMILES string of the molecule is C=CCN(C)C(=O)[C@@H]1[C@H]2C(=O)N([C@H](CO)c3ccccc3)C(C(=O)N(CC=C)C3CCCCC3)C23CC[C@@]1(C)O3. The monoisotopic (exact) mass is 549 g/mol. The Morgan fingerprint density at radius 2 is 1.77 bits per heavy atom. The number of aliphatic hydroxyl groups is 1. The van der Waals surface area contributed by atoms with Crippen LogP contribution in [0.5, 0.6) is 0 Å². The Balaban J connectivity index is 1.63. The van der Waals surface area contributed by atoms with Crippen LogP contribution in [0.15, 0.2) is 55.6 Å². The number of aliphatic hydroxyl groups excluding tert-OH is 1. The summed E-state index contributed by atoms with van der Waals surface area (Å²) < 4.78 is 6.82. The van der Waals surface area contributed by atoms with Crippen molar-refractivity contribution in [2.45, 2.75) is 81.2 Å². The van der Waals surface area contributed by atoms with Crippen LogP contribution in [-0.4, -0.2) is 87.6 Å². The van der Waals surface area contributed by atoms with Gasteiger partial charge in [-0.25, -0.2) is 0 Å². The highest BCUT2D eigenvalue weighted by atomic mass is 16.5. The number of rotatable bonds is 10. The number of ether oxygens (including phenoxy) is 1. The van der Waals surface area contributed by atoms with Crippen LogP contribution in [-0.2, 0) is 19.1 Å². The van der Waals surface area contributed by atoms with Gasteiger partial charge in [0.1, 0.15) is 11.6 Å². The van der Waals surface area contributed by atoms with Crippen molar-refractivity contribution in [3.05, 3.63) is 61.2 Å². The molecule has 0 aromatic heterocycles. The van der Waals surface area contributed by atoms with Crippen molar-refractivity contribution in [1.82, 2.24) is 14.7 Å². The second-order valence-corrected chi connectivity index (χ2v) is 12.2. The van der Waals surface area contributed by atoms with E-state index >= 15 is 0 Å². The Kier molecular flexibility index (Phi) is 7.94. The molecule has 1 aliphatic carbocycles. The van der Waals surface area contributed by atoms with E-state index in [1.165, 1.54) is 0 Å². The minimum absolute atomic E-state index is 0.0568. The maximum Gasteiger partial charge on any atom is 0.248 e. The van der Waals surface area contributed by atoms with E-state index in [9.17, 15) is 19.5 Å². The lowest BCUT2D eigenvalue weighted by atomic mass is 9.66. The predicted molar refractivity (Wildman–Crippen MR) is 152 cm³/mol. The fourth-order valence-electron chi connectivity index (χ4n) is 8.01. The maximum atomic E-state index is 14.8. The lowest BCUT2D eigenvalue weighted by molar-refractivity contribution is -0.157. The number of likely N-dealkylation sites (N-methyl/N-ethyl adjacent to an activating group) is 1. The summed E-state index contributed by atoms with van der Waals surface area (Å²) in [4.78, 5) is 48.3. The second-order valence-electron chi connectivity index (χ2n) is 12.2. The van der Waals surface area contributed by atoms with E-state index in [1.54, 1.807) is 29.0 Å². The van der Waals surface area contributed by atoms with E-state index in [-0.39, 0.29) is 30.4 Å². The van der Waals surface area contributed by atoms with Gasteiger partial charge in [-0.1, -0.05) is 61.7 Å². The molecule has 3 heterocycles. The van der Waals surface area contributed by atoms with Gasteiger partial charge in [0.05, 0.1) is 30.1 Å². The Hall–Kier alpha value is -2.97. The summed E-state index contributed by atoms with van der Waals surface area (Å²) in [5.41, 5.74) is -1.26. The quantitative estimate of drug-likeness (QED) is 0.452. The molecule has 8 nitrogen and oxygen atoms in total. The number of carbonyl (C=O) groups excluding carboxylic acids is 3. The highest BCUT2D eigenvalue weighted by Gasteiger charge is 2.79. The Labute approximate surface area is 237 Å². The molecule has 2 unspecified atom stereocenters. The molecule has 1 N–H and O–H groups in total. The van der Waals surface area contributed by atoms with Crippen LogP contribution >= 0.6 is 0 Å². The highest BCUT2D eigenvalue weighted by Crippen LogP contribution is 2.64. The van der Waals surface area contributed by atoms with Gasteiger partial charge >= 0.3 is 0 Å². The third kappa shape index (κ3) is 4.40. The Morgan fingerprint density at radius 1 is 1.10 bits per heavy atom. The van der Waals surface area contributed by atoms with Gasteiger partial charge in [0.2, 0.25) is 17.7 Å². The van der Waals surface area contributed by atoms with Crippen LogP contribution in [0.2, 0.25) is 0 Å². The predicted octanol–water partition coefficient (Wildman–Crippen LogP) is 3.48. The van der Waals surface area contributed by atoms with Crippen LogP contribution in [0.4, 0.5) is 0 Å². The van der Waals surface area contributed by atoms with Gasteiger partial charge in [-0.15, -0.1) is 13.2 Å². The molecule has 1 aromatic rings. The van der Waals surface area contributed by atoms with Gasteiger partial charge in [-0.3, -0.25) is 14.4 Å². The molecule has 6 atom stereocenters. The lowest BCUT2D eigenvalue weighted by Crippen LogP contribution is -2.59. The highest BCUT2D eigenvalue weighted by molar-refractivity contribution is 5.99. The molecule has 3 aliphatic heterocycles. The van der Waals surface area contributed by atoms with Gasteiger partial charge in [0, 0.05) is 26.2 Å². The fourth-order valence-corrected chi connectivity index (χ4v) is 8.01. The van der Waals surface area contributed by atoms with Crippen LogP contribution in [0.25, 0.3) is 0 Å². The molecule has 216 valence electrons. The van der Waals surface area contributed by atoms with Gasteiger partial charge in [-0.05, 0) is 38.2 Å². The normalized spacial score (nSPS) is 32.0. The van der Waals surface area contributed by atoms with Gasteiger partial charge in [-0.2, -0.15) is 0 Å². The van der Waals surface area contributed by atoms with Gasteiger partial charge in [0.25, 0.3) is 0 Å². The minimum Gasteiger partial charge on any atom is -0.394 e. The van der Waals surface area contributed by atoms with Crippen molar-refractivity contribution in [3.63, 3.8) is 0 Å². The van der Waals surface area contributed by atoms with Crippen molar-refractivity contribution in [3.8, 4) is 0 Å². The summed E-state index contributed by atoms with van der Waals surface area (Å²) in [5, 5.41) is 10.7. The summed E-state index contributed by atoms with van der Waals surface area (Å²) in [6.45, 7) is 9.98.